The summed E-state index contributed by atoms with van der Waals surface area (Å²) in [6, 6.07) is 0. The predicted octanol–water partition coefficient (Wildman–Crippen LogP) is 1.48. The molecule has 120 valence electrons. The largest absolute Gasteiger partial charge is 0.393 e. The van der Waals surface area contributed by atoms with Gasteiger partial charge in [-0.25, -0.2) is 9.97 Å². The second-order valence-corrected chi connectivity index (χ2v) is 6.56. The van der Waals surface area contributed by atoms with Gasteiger partial charge in [-0.3, -0.25) is 4.79 Å². The number of aliphatic hydroxyl groups excluding tert-OH is 1. The predicted molar refractivity (Wildman–Crippen MR) is 83.5 cm³/mol. The lowest BCUT2D eigenvalue weighted by Crippen LogP contribution is -2.36. The van der Waals surface area contributed by atoms with Crippen LogP contribution in [0.1, 0.15) is 54.9 Å². The molecule has 22 heavy (non-hydrogen) atoms. The van der Waals surface area contributed by atoms with Crippen molar-refractivity contribution in [2.24, 2.45) is 5.92 Å². The van der Waals surface area contributed by atoms with Crippen LogP contribution >= 0.6 is 0 Å². The number of carbonyl (C=O) groups is 1. The van der Waals surface area contributed by atoms with Gasteiger partial charge >= 0.3 is 0 Å². The molecule has 1 amide bonds. The minimum absolute atomic E-state index is 0.0357. The molecule has 5 heteroatoms. The van der Waals surface area contributed by atoms with Crippen LogP contribution in [-0.2, 0) is 24.1 Å². The molecule has 0 bridgehead atoms. The number of nitrogens with one attached hydrogen (secondary N) is 1. The van der Waals surface area contributed by atoms with E-state index in [-0.39, 0.29) is 17.9 Å². The summed E-state index contributed by atoms with van der Waals surface area (Å²) in [5.74, 6) is 0.866. The third kappa shape index (κ3) is 3.46. The second-order valence-electron chi connectivity index (χ2n) is 6.56. The van der Waals surface area contributed by atoms with Gasteiger partial charge in [-0.15, -0.1) is 0 Å². The zero-order valence-electron chi connectivity index (χ0n) is 13.3. The third-order valence-electron chi connectivity index (χ3n) is 4.85. The fourth-order valence-corrected chi connectivity index (χ4v) is 3.64. The van der Waals surface area contributed by atoms with E-state index in [4.69, 9.17) is 0 Å². The van der Waals surface area contributed by atoms with E-state index in [9.17, 15) is 9.90 Å². The summed E-state index contributed by atoms with van der Waals surface area (Å²) in [6.07, 6.45) is 6.94. The van der Waals surface area contributed by atoms with E-state index >= 15 is 0 Å². The fraction of sp³-hybridized carbons (Fsp3) is 0.706. The van der Waals surface area contributed by atoms with Crippen molar-refractivity contribution in [2.75, 3.05) is 6.54 Å². The Morgan fingerprint density at radius 1 is 1.27 bits per heavy atom. The molecule has 0 aliphatic heterocycles. The summed E-state index contributed by atoms with van der Waals surface area (Å²) in [5, 5.41) is 12.6. The first-order valence-electron chi connectivity index (χ1n) is 8.44. The van der Waals surface area contributed by atoms with Gasteiger partial charge in [0, 0.05) is 30.3 Å². The van der Waals surface area contributed by atoms with Crippen molar-refractivity contribution < 1.29 is 9.90 Å². The molecule has 0 aromatic carbocycles. The van der Waals surface area contributed by atoms with Gasteiger partial charge in [-0.05, 0) is 51.0 Å². The fourth-order valence-electron chi connectivity index (χ4n) is 3.64. The zero-order valence-corrected chi connectivity index (χ0v) is 13.3. The summed E-state index contributed by atoms with van der Waals surface area (Å²) in [6.45, 7) is 2.63. The molecule has 1 heterocycles. The number of aromatic nitrogens is 2. The summed E-state index contributed by atoms with van der Waals surface area (Å²) in [5.41, 5.74) is 3.62. The monoisotopic (exact) mass is 303 g/mol. The molecule has 1 aromatic rings. The molecule has 2 atom stereocenters. The van der Waals surface area contributed by atoms with Gasteiger partial charge in [-0.1, -0.05) is 6.42 Å². The lowest BCUT2D eigenvalue weighted by Gasteiger charge is -2.24. The molecular weight excluding hydrogens is 278 g/mol. The van der Waals surface area contributed by atoms with Gasteiger partial charge in [-0.2, -0.15) is 0 Å². The van der Waals surface area contributed by atoms with Crippen LogP contribution in [-0.4, -0.2) is 33.6 Å². The van der Waals surface area contributed by atoms with E-state index in [0.29, 0.717) is 19.4 Å². The Hall–Kier alpha value is -1.49. The van der Waals surface area contributed by atoms with Crippen molar-refractivity contribution in [1.82, 2.24) is 15.3 Å². The number of carbonyl (C=O) groups excluding carboxylic acids is 1. The van der Waals surface area contributed by atoms with Crippen molar-refractivity contribution in [3.05, 3.63) is 22.8 Å². The molecule has 1 saturated carbocycles. The molecule has 5 nitrogen and oxygen atoms in total. The highest BCUT2D eigenvalue weighted by Crippen LogP contribution is 2.24. The maximum atomic E-state index is 12.1. The normalized spacial score (nSPS) is 24.1. The van der Waals surface area contributed by atoms with E-state index in [1.54, 1.807) is 0 Å². The summed E-state index contributed by atoms with van der Waals surface area (Å²) in [7, 11) is 0. The highest BCUT2D eigenvalue weighted by molar-refractivity contribution is 5.78. The van der Waals surface area contributed by atoms with E-state index < -0.39 is 0 Å². The van der Waals surface area contributed by atoms with Gasteiger partial charge in [0.2, 0.25) is 5.91 Å². The maximum Gasteiger partial charge on any atom is 0.223 e. The van der Waals surface area contributed by atoms with E-state index in [1.165, 1.54) is 17.7 Å². The Morgan fingerprint density at radius 3 is 2.95 bits per heavy atom. The third-order valence-corrected chi connectivity index (χ3v) is 4.85. The summed E-state index contributed by atoms with van der Waals surface area (Å²) < 4.78 is 0. The van der Waals surface area contributed by atoms with Gasteiger partial charge in [0.05, 0.1) is 6.10 Å². The Morgan fingerprint density at radius 2 is 2.14 bits per heavy atom. The summed E-state index contributed by atoms with van der Waals surface area (Å²) in [4.78, 5) is 21.3. The SMILES string of the molecule is Cc1nc(CCNC(=O)[C@H]2CCC[C@H](O)C2)nc2c1CCC2. The average Bonchev–Trinajstić information content (AvgIpc) is 2.96. The first-order chi connectivity index (χ1) is 10.6. The van der Waals surface area contributed by atoms with Crippen molar-refractivity contribution in [3.8, 4) is 0 Å². The molecule has 1 fully saturated rings. The number of hydrogen-bond acceptors (Lipinski definition) is 4. The minimum atomic E-state index is -0.313. The van der Waals surface area contributed by atoms with Crippen molar-refractivity contribution in [2.45, 2.75) is 64.4 Å². The minimum Gasteiger partial charge on any atom is -0.393 e. The maximum absolute atomic E-state index is 12.1. The highest BCUT2D eigenvalue weighted by atomic mass is 16.3. The van der Waals surface area contributed by atoms with Gasteiger partial charge in [0.25, 0.3) is 0 Å². The number of amides is 1. The van der Waals surface area contributed by atoms with Gasteiger partial charge in [0.15, 0.2) is 0 Å². The van der Waals surface area contributed by atoms with E-state index in [0.717, 1.165) is 43.6 Å². The molecule has 0 spiro atoms. The number of rotatable bonds is 4. The van der Waals surface area contributed by atoms with Crippen LogP contribution in [0.2, 0.25) is 0 Å². The van der Waals surface area contributed by atoms with Crippen LogP contribution in [0.15, 0.2) is 0 Å². The molecule has 0 radical (unpaired) electrons. The standard InChI is InChI=1S/C17H25N3O2/c1-11-14-6-3-7-15(14)20-16(19-11)8-9-18-17(22)12-4-2-5-13(21)10-12/h12-13,21H,2-10H2,1H3,(H,18,22)/t12-,13-/m0/s1. The zero-order chi connectivity index (χ0) is 15.5. The van der Waals surface area contributed by atoms with Gasteiger partial charge < -0.3 is 10.4 Å². The molecule has 2 aliphatic rings. The van der Waals surface area contributed by atoms with E-state index in [2.05, 4.69) is 22.2 Å². The topological polar surface area (TPSA) is 75.1 Å². The quantitative estimate of drug-likeness (QED) is 0.883. The smallest absolute Gasteiger partial charge is 0.223 e. The van der Waals surface area contributed by atoms with Crippen molar-refractivity contribution in [3.63, 3.8) is 0 Å². The highest BCUT2D eigenvalue weighted by Gasteiger charge is 2.25. The number of nitrogens with zero attached hydrogens (tertiary/aromatic N) is 2. The van der Waals surface area contributed by atoms with Crippen LogP contribution < -0.4 is 5.32 Å². The molecule has 3 rings (SSSR count). The molecule has 2 aliphatic carbocycles. The van der Waals surface area contributed by atoms with Crippen LogP contribution in [0.5, 0.6) is 0 Å². The Labute approximate surface area is 131 Å². The van der Waals surface area contributed by atoms with Crippen LogP contribution in [0.4, 0.5) is 0 Å². The first-order valence-corrected chi connectivity index (χ1v) is 8.44. The van der Waals surface area contributed by atoms with Crippen LogP contribution in [0, 0.1) is 12.8 Å². The Kier molecular flexibility index (Phi) is 4.71. The average molecular weight is 303 g/mol. The number of aryl methyl sites for hydroxylation is 2. The Balaban J connectivity index is 1.51. The molecule has 0 saturated heterocycles. The van der Waals surface area contributed by atoms with Crippen LogP contribution in [0.3, 0.4) is 0 Å². The second kappa shape index (κ2) is 6.73. The van der Waals surface area contributed by atoms with Crippen LogP contribution in [0.25, 0.3) is 0 Å². The molecule has 0 unspecified atom stereocenters. The number of hydrogen-bond donors (Lipinski definition) is 2. The summed E-state index contributed by atoms with van der Waals surface area (Å²) >= 11 is 0. The van der Waals surface area contributed by atoms with Crippen molar-refractivity contribution >= 4 is 5.91 Å². The van der Waals surface area contributed by atoms with Crippen molar-refractivity contribution in [1.29, 1.82) is 0 Å². The van der Waals surface area contributed by atoms with E-state index in [1.807, 2.05) is 0 Å². The molecular formula is C17H25N3O2. The number of aliphatic hydroxyl groups is 1. The number of fused-ring (bicyclic) bond motifs is 1. The molecule has 1 aromatic heterocycles. The Bertz CT molecular complexity index is 559. The lowest BCUT2D eigenvalue weighted by molar-refractivity contribution is -0.127. The first kappa shape index (κ1) is 15.4. The molecule has 2 N–H and O–H groups in total. The van der Waals surface area contributed by atoms with Gasteiger partial charge in [0.1, 0.15) is 5.82 Å². The lowest BCUT2D eigenvalue weighted by atomic mass is 9.87.